The number of aromatic nitrogens is 2. The zero-order valence-corrected chi connectivity index (χ0v) is 30.0. The number of anilines is 7. The Labute approximate surface area is 309 Å². The maximum atomic E-state index is 12.9. The molecule has 13 heteroatoms. The van der Waals surface area contributed by atoms with E-state index in [-0.39, 0.29) is 0 Å². The summed E-state index contributed by atoms with van der Waals surface area (Å²) in [5.74, 6) is 0.344. The molecule has 0 bridgehead atoms. The van der Waals surface area contributed by atoms with E-state index in [1.165, 1.54) is 12.1 Å². The molecule has 1 unspecified atom stereocenters. The van der Waals surface area contributed by atoms with Gasteiger partial charge in [-0.3, -0.25) is 10.9 Å². The number of fused-ring (bicyclic) bond motifs is 2. The van der Waals surface area contributed by atoms with E-state index in [1.807, 2.05) is 49.4 Å². The largest absolute Gasteiger partial charge is 0.416 e. The fraction of sp³-hybridized carbons (Fsp3) is 0.150. The molecule has 53 heavy (non-hydrogen) atoms. The maximum Gasteiger partial charge on any atom is 0.416 e. The van der Waals surface area contributed by atoms with Crippen molar-refractivity contribution < 1.29 is 13.2 Å². The van der Waals surface area contributed by atoms with Crippen molar-refractivity contribution in [1.82, 2.24) is 9.36 Å². The Balaban J connectivity index is 0.986. The molecular formula is C40H38F3N9S. The van der Waals surface area contributed by atoms with Crippen LogP contribution >= 0.6 is 11.5 Å². The Hall–Kier alpha value is -6.21. The first-order valence-corrected chi connectivity index (χ1v) is 17.9. The van der Waals surface area contributed by atoms with Crippen molar-refractivity contribution in [1.29, 1.82) is 0 Å². The lowest BCUT2D eigenvalue weighted by atomic mass is 10.1. The molecule has 7 N–H and O–H groups in total. The lowest BCUT2D eigenvalue weighted by molar-refractivity contribution is -0.137. The maximum absolute atomic E-state index is 12.9. The van der Waals surface area contributed by atoms with Gasteiger partial charge in [-0.25, -0.2) is 0 Å². The van der Waals surface area contributed by atoms with E-state index in [0.717, 1.165) is 91.3 Å². The van der Waals surface area contributed by atoms with Crippen LogP contribution in [0.1, 0.15) is 31.4 Å². The third-order valence-corrected chi connectivity index (χ3v) is 9.59. The summed E-state index contributed by atoms with van der Waals surface area (Å²) in [7, 11) is 0. The van der Waals surface area contributed by atoms with Crippen LogP contribution in [0.4, 0.5) is 52.4 Å². The molecule has 1 aromatic heterocycles. The Bertz CT molecular complexity index is 2360. The first-order valence-electron chi connectivity index (χ1n) is 17.1. The first-order chi connectivity index (χ1) is 25.7. The second-order valence-electron chi connectivity index (χ2n) is 12.6. The van der Waals surface area contributed by atoms with Crippen LogP contribution in [0.2, 0.25) is 0 Å². The molecule has 0 fully saturated rings. The highest BCUT2D eigenvalue weighted by atomic mass is 32.1. The van der Waals surface area contributed by atoms with Crippen LogP contribution < -0.4 is 37.9 Å². The summed E-state index contributed by atoms with van der Waals surface area (Å²) in [4.78, 5) is 4.40. The van der Waals surface area contributed by atoms with Crippen molar-refractivity contribution in [2.75, 3.05) is 37.9 Å². The second kappa shape index (κ2) is 15.2. The predicted octanol–water partition coefficient (Wildman–Crippen LogP) is 11.4. The molecule has 9 nitrogen and oxygen atoms in total. The Morgan fingerprint density at radius 3 is 1.68 bits per heavy atom. The van der Waals surface area contributed by atoms with Gasteiger partial charge in [-0.1, -0.05) is 67.6 Å². The summed E-state index contributed by atoms with van der Waals surface area (Å²) in [6, 6.07) is 35.9. The molecule has 1 heterocycles. The summed E-state index contributed by atoms with van der Waals surface area (Å²) in [6.45, 7) is 6.34. The Kier molecular flexibility index (Phi) is 10.1. The number of hydrazine groups is 3. The Morgan fingerprint density at radius 1 is 0.623 bits per heavy atom. The van der Waals surface area contributed by atoms with Crippen molar-refractivity contribution in [3.8, 4) is 11.4 Å². The zero-order valence-electron chi connectivity index (χ0n) is 29.2. The van der Waals surface area contributed by atoms with Crippen LogP contribution in [-0.2, 0) is 6.18 Å². The Morgan fingerprint density at radius 2 is 1.13 bits per heavy atom. The number of benzene rings is 6. The van der Waals surface area contributed by atoms with Crippen LogP contribution in [0.3, 0.4) is 0 Å². The van der Waals surface area contributed by atoms with E-state index >= 15 is 0 Å². The van der Waals surface area contributed by atoms with E-state index in [0.29, 0.717) is 22.6 Å². The normalized spacial score (nSPS) is 12.0. The summed E-state index contributed by atoms with van der Waals surface area (Å²) in [5.41, 5.74) is 26.2. The predicted molar refractivity (Wildman–Crippen MR) is 215 cm³/mol. The van der Waals surface area contributed by atoms with Gasteiger partial charge in [-0.05, 0) is 80.4 Å². The summed E-state index contributed by atoms with van der Waals surface area (Å²) < 4.78 is 43.0. The van der Waals surface area contributed by atoms with Gasteiger partial charge >= 0.3 is 6.18 Å². The van der Waals surface area contributed by atoms with Crippen LogP contribution in [0, 0.1) is 6.92 Å². The molecule has 7 rings (SSSR count). The van der Waals surface area contributed by atoms with E-state index in [2.05, 4.69) is 110 Å². The average Bonchev–Trinajstić information content (AvgIpc) is 3.65. The fourth-order valence-electron chi connectivity index (χ4n) is 5.89. The van der Waals surface area contributed by atoms with Crippen LogP contribution in [0.5, 0.6) is 0 Å². The van der Waals surface area contributed by atoms with Gasteiger partial charge < -0.3 is 27.0 Å². The van der Waals surface area contributed by atoms with Gasteiger partial charge in [0, 0.05) is 50.4 Å². The molecule has 0 aliphatic heterocycles. The number of hydrogen-bond donors (Lipinski definition) is 7. The molecular weight excluding hydrogens is 696 g/mol. The number of nitrogens with one attached hydrogen (secondary N) is 7. The van der Waals surface area contributed by atoms with Gasteiger partial charge in [0.25, 0.3) is 0 Å². The molecule has 0 saturated carbocycles. The number of alkyl halides is 3. The molecule has 6 aromatic carbocycles. The number of hydrogen-bond acceptors (Lipinski definition) is 10. The molecule has 0 aliphatic rings. The zero-order chi connectivity index (χ0) is 37.0. The number of nitrogens with zero attached hydrogens (tertiary/aromatic N) is 2. The first kappa shape index (κ1) is 35.2. The molecule has 0 saturated heterocycles. The topological polar surface area (TPSA) is 110 Å². The average molecular weight is 734 g/mol. The summed E-state index contributed by atoms with van der Waals surface area (Å²) in [5, 5.41) is 8.47. The van der Waals surface area contributed by atoms with E-state index in [1.54, 1.807) is 0 Å². The fourth-order valence-corrected chi connectivity index (χ4v) is 6.44. The van der Waals surface area contributed by atoms with Crippen LogP contribution in [0.25, 0.3) is 32.9 Å². The van der Waals surface area contributed by atoms with Gasteiger partial charge in [0.2, 0.25) is 5.13 Å². The molecule has 0 spiro atoms. The number of halogens is 3. The molecule has 7 aromatic rings. The molecule has 0 amide bonds. The quantitative estimate of drug-likeness (QED) is 0.0583. The molecule has 270 valence electrons. The third kappa shape index (κ3) is 8.00. The third-order valence-electron chi connectivity index (χ3n) is 8.96. The van der Waals surface area contributed by atoms with Gasteiger partial charge in [-0.2, -0.15) is 22.5 Å². The van der Waals surface area contributed by atoms with Crippen molar-refractivity contribution in [2.45, 2.75) is 39.4 Å². The SMILES string of the molecule is CCC(C)Nc1ccc(NNc2ccc(NNc3ccc(NNc4nc(-c5ccc(C(F)(F)F)cc5)ns4)c(C)c3)c3ccccc23)c2ccccc12. The molecule has 0 aliphatic carbocycles. The van der Waals surface area contributed by atoms with Crippen LogP contribution in [0.15, 0.2) is 115 Å². The van der Waals surface area contributed by atoms with Gasteiger partial charge in [0.05, 0.1) is 34.0 Å². The minimum atomic E-state index is -4.39. The van der Waals surface area contributed by atoms with Crippen molar-refractivity contribution in [2.24, 2.45) is 0 Å². The van der Waals surface area contributed by atoms with E-state index in [4.69, 9.17) is 0 Å². The van der Waals surface area contributed by atoms with Crippen LogP contribution in [-0.4, -0.2) is 15.4 Å². The highest BCUT2D eigenvalue weighted by Gasteiger charge is 2.30. The highest BCUT2D eigenvalue weighted by molar-refractivity contribution is 7.09. The minimum Gasteiger partial charge on any atom is -0.382 e. The van der Waals surface area contributed by atoms with Gasteiger partial charge in [-0.15, -0.1) is 0 Å². The van der Waals surface area contributed by atoms with Crippen molar-refractivity contribution >= 4 is 72.3 Å². The van der Waals surface area contributed by atoms with E-state index in [9.17, 15) is 13.2 Å². The molecule has 0 radical (unpaired) electrons. The summed E-state index contributed by atoms with van der Waals surface area (Å²) >= 11 is 1.10. The minimum absolute atomic E-state index is 0.344. The highest BCUT2D eigenvalue weighted by Crippen LogP contribution is 2.34. The summed E-state index contributed by atoms with van der Waals surface area (Å²) in [6.07, 6.45) is -3.35. The van der Waals surface area contributed by atoms with Crippen molar-refractivity contribution in [3.63, 3.8) is 0 Å². The lowest BCUT2D eigenvalue weighted by Gasteiger charge is -2.19. The smallest absolute Gasteiger partial charge is 0.382 e. The number of rotatable bonds is 13. The second-order valence-corrected chi connectivity index (χ2v) is 13.4. The van der Waals surface area contributed by atoms with Gasteiger partial charge in [0.15, 0.2) is 5.82 Å². The monoisotopic (exact) mass is 733 g/mol. The lowest BCUT2D eigenvalue weighted by Crippen LogP contribution is -2.14. The standard InChI is InChI=1S/C40H38F3N9S/c1-4-25(3)44-34-19-20-36(30-10-6-5-9-29(30)34)49-50-37-22-21-35(31-11-7-8-12-32(31)37)48-46-28-17-18-33(24(2)23-28)47-51-39-45-38(52-53-39)26-13-15-27(16-14-26)40(41,42)43/h5-23,25,44,46-50H,4H2,1-3H3,(H,45,51,52). The van der Waals surface area contributed by atoms with Crippen molar-refractivity contribution in [3.05, 3.63) is 126 Å². The molecule has 1 atom stereocenters. The number of aryl methyl sites for hydroxylation is 1. The van der Waals surface area contributed by atoms with E-state index < -0.39 is 11.7 Å². The van der Waals surface area contributed by atoms with Gasteiger partial charge in [0.1, 0.15) is 0 Å².